The van der Waals surface area contributed by atoms with Gasteiger partial charge in [-0.3, -0.25) is 0 Å². The van der Waals surface area contributed by atoms with Gasteiger partial charge in [-0.25, -0.2) is 13.2 Å². The fourth-order valence-corrected chi connectivity index (χ4v) is 1.26. The standard InChI is InChI=1S/C8H9F3/c1-5-4-6(2)8(5,11)7(3,9)10/h4H,1H2,2-3H3. The van der Waals surface area contributed by atoms with Crippen molar-refractivity contribution in [1.29, 1.82) is 0 Å². The van der Waals surface area contributed by atoms with Crippen LogP contribution < -0.4 is 0 Å². The Morgan fingerprint density at radius 3 is 2.09 bits per heavy atom. The lowest BCUT2D eigenvalue weighted by molar-refractivity contribution is -0.0888. The molecule has 0 amide bonds. The first-order chi connectivity index (χ1) is 4.80. The lowest BCUT2D eigenvalue weighted by Gasteiger charge is -2.39. The average Bonchev–Trinajstić information content (AvgIpc) is 1.85. The third kappa shape index (κ3) is 0.832. The maximum absolute atomic E-state index is 13.3. The van der Waals surface area contributed by atoms with Gasteiger partial charge in [0.05, 0.1) is 0 Å². The van der Waals surface area contributed by atoms with Gasteiger partial charge in [-0.15, -0.1) is 0 Å². The highest BCUT2D eigenvalue weighted by atomic mass is 19.3. The highest BCUT2D eigenvalue weighted by molar-refractivity contribution is 5.52. The SMILES string of the molecule is C=C1C=C(C)C1(F)C(C)(F)F. The van der Waals surface area contributed by atoms with Crippen molar-refractivity contribution < 1.29 is 13.2 Å². The molecule has 0 heterocycles. The third-order valence-corrected chi connectivity index (χ3v) is 1.98. The van der Waals surface area contributed by atoms with E-state index in [1.54, 1.807) is 0 Å². The van der Waals surface area contributed by atoms with Crippen molar-refractivity contribution in [3.05, 3.63) is 23.8 Å². The highest BCUT2D eigenvalue weighted by Crippen LogP contribution is 2.49. The Kier molecular flexibility index (Phi) is 1.44. The first-order valence-corrected chi connectivity index (χ1v) is 3.25. The third-order valence-electron chi connectivity index (χ3n) is 1.98. The summed E-state index contributed by atoms with van der Waals surface area (Å²) in [4.78, 5) is 0. The predicted octanol–water partition coefficient (Wildman–Crippen LogP) is 2.87. The average molecular weight is 162 g/mol. The molecule has 0 spiro atoms. The molecule has 0 N–H and O–H groups in total. The minimum absolute atomic E-state index is 0.0509. The molecule has 11 heavy (non-hydrogen) atoms. The molecular weight excluding hydrogens is 153 g/mol. The minimum atomic E-state index is -3.36. The van der Waals surface area contributed by atoms with Crippen molar-refractivity contribution in [2.24, 2.45) is 0 Å². The lowest BCUT2D eigenvalue weighted by atomic mass is 9.74. The van der Waals surface area contributed by atoms with Gasteiger partial charge in [0.1, 0.15) is 0 Å². The van der Waals surface area contributed by atoms with Crippen LogP contribution in [0.5, 0.6) is 0 Å². The van der Waals surface area contributed by atoms with Crippen LogP contribution in [0, 0.1) is 0 Å². The van der Waals surface area contributed by atoms with Gasteiger partial charge in [-0.2, -0.15) is 0 Å². The van der Waals surface area contributed by atoms with E-state index in [4.69, 9.17) is 0 Å². The van der Waals surface area contributed by atoms with Crippen LogP contribution in [0.3, 0.4) is 0 Å². The second-order valence-electron chi connectivity index (χ2n) is 2.90. The van der Waals surface area contributed by atoms with Gasteiger partial charge in [0, 0.05) is 6.92 Å². The smallest absolute Gasteiger partial charge is 0.227 e. The zero-order valence-corrected chi connectivity index (χ0v) is 6.42. The minimum Gasteiger partial charge on any atom is -0.227 e. The van der Waals surface area contributed by atoms with E-state index >= 15 is 0 Å². The van der Waals surface area contributed by atoms with Crippen LogP contribution in [-0.4, -0.2) is 11.6 Å². The molecule has 1 unspecified atom stereocenters. The summed E-state index contributed by atoms with van der Waals surface area (Å²) in [7, 11) is 0. The first kappa shape index (κ1) is 8.37. The fourth-order valence-electron chi connectivity index (χ4n) is 1.26. The maximum Gasteiger partial charge on any atom is 0.286 e. The van der Waals surface area contributed by atoms with Crippen molar-refractivity contribution in [3.8, 4) is 0 Å². The number of halogens is 3. The van der Waals surface area contributed by atoms with E-state index in [1.165, 1.54) is 13.0 Å². The van der Waals surface area contributed by atoms with Crippen LogP contribution in [0.25, 0.3) is 0 Å². The summed E-state index contributed by atoms with van der Waals surface area (Å²) in [5.74, 6) is -3.36. The van der Waals surface area contributed by atoms with E-state index in [9.17, 15) is 13.2 Å². The normalized spacial score (nSPS) is 31.4. The van der Waals surface area contributed by atoms with E-state index in [-0.39, 0.29) is 11.1 Å². The quantitative estimate of drug-likeness (QED) is 0.556. The number of hydrogen-bond acceptors (Lipinski definition) is 0. The van der Waals surface area contributed by atoms with Gasteiger partial charge >= 0.3 is 0 Å². The second kappa shape index (κ2) is 1.90. The van der Waals surface area contributed by atoms with Crippen molar-refractivity contribution in [1.82, 2.24) is 0 Å². The van der Waals surface area contributed by atoms with Gasteiger partial charge in [0.2, 0.25) is 5.67 Å². The Morgan fingerprint density at radius 1 is 1.55 bits per heavy atom. The molecule has 0 aromatic carbocycles. The highest BCUT2D eigenvalue weighted by Gasteiger charge is 2.58. The second-order valence-corrected chi connectivity index (χ2v) is 2.90. The summed E-state index contributed by atoms with van der Waals surface area (Å²) in [6.07, 6.45) is 1.33. The van der Waals surface area contributed by atoms with E-state index in [0.29, 0.717) is 6.92 Å². The summed E-state index contributed by atoms with van der Waals surface area (Å²) in [5.41, 5.74) is -2.68. The molecule has 0 saturated carbocycles. The van der Waals surface area contributed by atoms with Crippen molar-refractivity contribution in [2.45, 2.75) is 25.4 Å². The van der Waals surface area contributed by atoms with E-state index in [2.05, 4.69) is 6.58 Å². The number of alkyl halides is 3. The summed E-state index contributed by atoms with van der Waals surface area (Å²) in [5, 5.41) is 0. The number of allylic oxidation sites excluding steroid dienone is 3. The molecule has 1 aliphatic rings. The topological polar surface area (TPSA) is 0 Å². The van der Waals surface area contributed by atoms with Crippen LogP contribution >= 0.6 is 0 Å². The molecular formula is C8H9F3. The Bertz CT molecular complexity index is 234. The van der Waals surface area contributed by atoms with E-state index in [0.717, 1.165) is 0 Å². The van der Waals surface area contributed by atoms with Crippen LogP contribution in [0.1, 0.15) is 13.8 Å². The summed E-state index contributed by atoms with van der Waals surface area (Å²) >= 11 is 0. The molecule has 0 aromatic rings. The summed E-state index contributed by atoms with van der Waals surface area (Å²) < 4.78 is 38.4. The molecule has 0 nitrogen and oxygen atoms in total. The van der Waals surface area contributed by atoms with Gasteiger partial charge in [0.25, 0.3) is 5.92 Å². The van der Waals surface area contributed by atoms with Crippen LogP contribution in [-0.2, 0) is 0 Å². The van der Waals surface area contributed by atoms with Crippen molar-refractivity contribution in [3.63, 3.8) is 0 Å². The molecule has 3 heteroatoms. The molecule has 0 radical (unpaired) electrons. The fraction of sp³-hybridized carbons (Fsp3) is 0.500. The molecule has 1 atom stereocenters. The molecule has 0 bridgehead atoms. The molecule has 62 valence electrons. The van der Waals surface area contributed by atoms with E-state index in [1.807, 2.05) is 0 Å². The molecule has 0 aromatic heterocycles. The zero-order valence-electron chi connectivity index (χ0n) is 6.42. The summed E-state index contributed by atoms with van der Waals surface area (Å²) in [6.45, 7) is 5.10. The number of rotatable bonds is 1. The largest absolute Gasteiger partial charge is 0.286 e. The van der Waals surface area contributed by atoms with Crippen molar-refractivity contribution >= 4 is 0 Å². The van der Waals surface area contributed by atoms with Crippen LogP contribution in [0.2, 0.25) is 0 Å². The Hall–Kier alpha value is -0.730. The molecule has 1 rings (SSSR count). The summed E-state index contributed by atoms with van der Waals surface area (Å²) in [6, 6.07) is 0. The molecule has 0 aliphatic heterocycles. The van der Waals surface area contributed by atoms with Gasteiger partial charge in [-0.05, 0) is 18.1 Å². The van der Waals surface area contributed by atoms with Crippen LogP contribution in [0.4, 0.5) is 13.2 Å². The monoisotopic (exact) mass is 162 g/mol. The van der Waals surface area contributed by atoms with Crippen molar-refractivity contribution in [2.75, 3.05) is 0 Å². The van der Waals surface area contributed by atoms with E-state index < -0.39 is 11.6 Å². The maximum atomic E-state index is 13.3. The predicted molar refractivity (Wildman–Crippen MR) is 37.4 cm³/mol. The first-order valence-electron chi connectivity index (χ1n) is 3.25. The Morgan fingerprint density at radius 2 is 2.00 bits per heavy atom. The molecule has 0 saturated heterocycles. The van der Waals surface area contributed by atoms with Gasteiger partial charge in [-0.1, -0.05) is 12.7 Å². The van der Waals surface area contributed by atoms with Gasteiger partial charge < -0.3 is 0 Å². The van der Waals surface area contributed by atoms with Crippen LogP contribution in [0.15, 0.2) is 23.8 Å². The lowest BCUT2D eigenvalue weighted by Crippen LogP contribution is -2.48. The zero-order chi connectivity index (χ0) is 8.86. The molecule has 0 fully saturated rings. The molecule has 1 aliphatic carbocycles. The van der Waals surface area contributed by atoms with Gasteiger partial charge in [0.15, 0.2) is 0 Å². The Labute approximate surface area is 63.4 Å². The Balaban J connectivity index is 3.05. The number of hydrogen-bond donors (Lipinski definition) is 0.